The molecule has 1 fully saturated rings. The minimum absolute atomic E-state index is 0.0499. The molecule has 1 aliphatic carbocycles. The van der Waals surface area contributed by atoms with Crippen LogP contribution in [-0.2, 0) is 16.0 Å². The number of aryl methyl sites for hydroxylation is 1. The van der Waals surface area contributed by atoms with E-state index in [0.717, 1.165) is 60.0 Å². The van der Waals surface area contributed by atoms with Crippen LogP contribution in [0, 0.1) is 18.7 Å². The van der Waals surface area contributed by atoms with Crippen LogP contribution in [0.2, 0.25) is 0 Å². The second-order valence-electron chi connectivity index (χ2n) is 10.4. The van der Waals surface area contributed by atoms with Crippen LogP contribution in [0.15, 0.2) is 66.7 Å². The number of rotatable bonds is 7. The molecule has 38 heavy (non-hydrogen) atoms. The maximum absolute atomic E-state index is 13.8. The number of benzene rings is 3. The molecule has 2 atom stereocenters. The highest BCUT2D eigenvalue weighted by Crippen LogP contribution is 2.40. The van der Waals surface area contributed by atoms with E-state index in [4.69, 9.17) is 4.74 Å². The van der Waals surface area contributed by atoms with Gasteiger partial charge in [-0.25, -0.2) is 4.39 Å². The van der Waals surface area contributed by atoms with Crippen LogP contribution in [0.3, 0.4) is 0 Å². The number of ether oxygens (including phenoxy) is 1. The number of amides is 2. The average molecular weight is 515 g/mol. The van der Waals surface area contributed by atoms with Gasteiger partial charge in [-0.3, -0.25) is 9.59 Å². The zero-order valence-electron chi connectivity index (χ0n) is 22.1. The van der Waals surface area contributed by atoms with Crippen LogP contribution >= 0.6 is 0 Å². The van der Waals surface area contributed by atoms with E-state index in [1.165, 1.54) is 12.1 Å². The third kappa shape index (κ3) is 5.59. The fraction of sp³-hybridized carbons (Fsp3) is 0.375. The lowest BCUT2D eigenvalue weighted by atomic mass is 9.87. The molecule has 6 heteroatoms. The molecule has 3 aromatic rings. The molecule has 1 heterocycles. The topological polar surface area (TPSA) is 58.6 Å². The van der Waals surface area contributed by atoms with Gasteiger partial charge in [0, 0.05) is 18.2 Å². The molecule has 0 radical (unpaired) electrons. The molecular formula is C32H35FN2O3. The monoisotopic (exact) mass is 514 g/mol. The van der Waals surface area contributed by atoms with Crippen molar-refractivity contribution in [3.05, 3.63) is 94.8 Å². The van der Waals surface area contributed by atoms with E-state index in [2.05, 4.69) is 5.32 Å². The summed E-state index contributed by atoms with van der Waals surface area (Å²) < 4.78 is 20.0. The smallest absolute Gasteiger partial charge is 0.265 e. The first-order chi connectivity index (χ1) is 18.4. The van der Waals surface area contributed by atoms with Gasteiger partial charge in [0.1, 0.15) is 11.6 Å². The van der Waals surface area contributed by atoms with E-state index >= 15 is 0 Å². The number of carbonyl (C=O) groups is 2. The summed E-state index contributed by atoms with van der Waals surface area (Å²) in [7, 11) is 0. The Morgan fingerprint density at radius 1 is 1.03 bits per heavy atom. The average Bonchev–Trinajstić information content (AvgIpc) is 3.47. The van der Waals surface area contributed by atoms with E-state index in [1.54, 1.807) is 12.1 Å². The molecule has 5 rings (SSSR count). The van der Waals surface area contributed by atoms with E-state index < -0.39 is 6.10 Å². The Bertz CT molecular complexity index is 1280. The predicted octanol–water partition coefficient (Wildman–Crippen LogP) is 6.59. The molecule has 0 aromatic heterocycles. The molecule has 2 aliphatic rings. The lowest BCUT2D eigenvalue weighted by molar-refractivity contribution is -0.137. The normalized spacial score (nSPS) is 18.1. The molecule has 1 saturated carbocycles. The first-order valence-electron chi connectivity index (χ1n) is 13.7. The van der Waals surface area contributed by atoms with Crippen molar-refractivity contribution in [3.63, 3.8) is 0 Å². The van der Waals surface area contributed by atoms with Gasteiger partial charge < -0.3 is 15.0 Å². The Balaban J connectivity index is 1.42. The van der Waals surface area contributed by atoms with Gasteiger partial charge in [0.2, 0.25) is 5.91 Å². The summed E-state index contributed by atoms with van der Waals surface area (Å²) in [6.45, 7) is 4.55. The van der Waals surface area contributed by atoms with Crippen molar-refractivity contribution in [2.75, 3.05) is 11.9 Å². The molecule has 2 amide bonds. The first kappa shape index (κ1) is 26.0. The largest absolute Gasteiger partial charge is 0.481 e. The van der Waals surface area contributed by atoms with Crippen LogP contribution in [0.1, 0.15) is 67.3 Å². The quantitative estimate of drug-likeness (QED) is 0.387. The third-order valence-corrected chi connectivity index (χ3v) is 7.78. The molecule has 3 aromatic carbocycles. The number of nitrogens with one attached hydrogen (secondary N) is 1. The van der Waals surface area contributed by atoms with Crippen molar-refractivity contribution in [1.29, 1.82) is 0 Å². The number of nitrogens with zero attached hydrogens (tertiary/aromatic N) is 1. The summed E-state index contributed by atoms with van der Waals surface area (Å²) in [4.78, 5) is 28.6. The third-order valence-electron chi connectivity index (χ3n) is 7.78. The lowest BCUT2D eigenvalue weighted by Gasteiger charge is -2.39. The molecular weight excluding hydrogens is 479 g/mol. The van der Waals surface area contributed by atoms with Crippen molar-refractivity contribution < 1.29 is 18.7 Å². The van der Waals surface area contributed by atoms with Crippen molar-refractivity contribution >= 4 is 17.5 Å². The summed E-state index contributed by atoms with van der Waals surface area (Å²) in [5.74, 6) is 0.298. The van der Waals surface area contributed by atoms with Crippen molar-refractivity contribution in [2.45, 2.75) is 64.5 Å². The molecule has 0 spiro atoms. The minimum Gasteiger partial charge on any atom is -0.481 e. The maximum atomic E-state index is 13.8. The highest BCUT2D eigenvalue weighted by molar-refractivity contribution is 5.94. The number of hydrogen-bond acceptors (Lipinski definition) is 3. The number of fused-ring (bicyclic) bond motifs is 1. The SMILES string of the molecule is CCC(Oc1ccc2c(c1)C(c1ccc(F)cc1)N(C(=O)C1CCCC1)CC2)C(=O)Nc1ccc(C)cc1. The van der Waals surface area contributed by atoms with Crippen molar-refractivity contribution in [1.82, 2.24) is 4.90 Å². The molecule has 0 saturated heterocycles. The highest BCUT2D eigenvalue weighted by Gasteiger charge is 2.36. The van der Waals surface area contributed by atoms with Crippen LogP contribution in [0.4, 0.5) is 10.1 Å². The van der Waals surface area contributed by atoms with Crippen LogP contribution in [0.5, 0.6) is 5.75 Å². The van der Waals surface area contributed by atoms with Crippen LogP contribution in [-0.4, -0.2) is 29.4 Å². The zero-order valence-corrected chi connectivity index (χ0v) is 22.1. The Morgan fingerprint density at radius 3 is 2.42 bits per heavy atom. The fourth-order valence-corrected chi connectivity index (χ4v) is 5.66. The van der Waals surface area contributed by atoms with Gasteiger partial charge in [-0.05, 0) is 85.7 Å². The molecule has 198 valence electrons. The summed E-state index contributed by atoms with van der Waals surface area (Å²) in [6.07, 6.45) is 4.61. The van der Waals surface area contributed by atoms with Gasteiger partial charge in [0.25, 0.3) is 5.91 Å². The van der Waals surface area contributed by atoms with Crippen molar-refractivity contribution in [3.8, 4) is 5.75 Å². The van der Waals surface area contributed by atoms with Gasteiger partial charge in [-0.15, -0.1) is 0 Å². The maximum Gasteiger partial charge on any atom is 0.265 e. The zero-order chi connectivity index (χ0) is 26.6. The van der Waals surface area contributed by atoms with Gasteiger partial charge in [-0.2, -0.15) is 0 Å². The Kier molecular flexibility index (Phi) is 7.77. The van der Waals surface area contributed by atoms with Crippen LogP contribution in [0.25, 0.3) is 0 Å². The molecule has 5 nitrogen and oxygen atoms in total. The highest BCUT2D eigenvalue weighted by atomic mass is 19.1. The Hall–Kier alpha value is -3.67. The molecule has 0 bridgehead atoms. The van der Waals surface area contributed by atoms with E-state index in [0.29, 0.717) is 18.7 Å². The van der Waals surface area contributed by atoms with Crippen LogP contribution < -0.4 is 10.1 Å². The summed E-state index contributed by atoms with van der Waals surface area (Å²) in [5, 5.41) is 2.94. The number of halogens is 1. The summed E-state index contributed by atoms with van der Waals surface area (Å²) in [6, 6.07) is 19.7. The standard InChI is InChI=1S/C32H35FN2O3/c1-3-29(31(36)34-26-15-8-21(2)9-16-26)38-27-17-12-22-18-19-35(32(37)24-6-4-5-7-24)30(28(22)20-27)23-10-13-25(33)14-11-23/h8-17,20,24,29-30H,3-7,18-19H2,1-2H3,(H,34,36). The Labute approximate surface area is 224 Å². The summed E-state index contributed by atoms with van der Waals surface area (Å²) in [5.41, 5.74) is 4.84. The molecule has 1 aliphatic heterocycles. The number of carbonyl (C=O) groups excluding carboxylic acids is 2. The second kappa shape index (κ2) is 11.4. The van der Waals surface area contributed by atoms with Gasteiger partial charge in [0.05, 0.1) is 6.04 Å². The summed E-state index contributed by atoms with van der Waals surface area (Å²) >= 11 is 0. The first-order valence-corrected chi connectivity index (χ1v) is 13.7. The predicted molar refractivity (Wildman–Crippen MR) is 147 cm³/mol. The fourth-order valence-electron chi connectivity index (χ4n) is 5.66. The number of hydrogen-bond donors (Lipinski definition) is 1. The lowest BCUT2D eigenvalue weighted by Crippen LogP contribution is -2.43. The van der Waals surface area contributed by atoms with Crippen molar-refractivity contribution in [2.24, 2.45) is 5.92 Å². The molecule has 2 unspecified atom stereocenters. The van der Waals surface area contributed by atoms with Gasteiger partial charge in [0.15, 0.2) is 6.10 Å². The second-order valence-corrected chi connectivity index (χ2v) is 10.4. The van der Waals surface area contributed by atoms with E-state index in [1.807, 2.05) is 61.2 Å². The van der Waals surface area contributed by atoms with E-state index in [-0.39, 0.29) is 29.6 Å². The minimum atomic E-state index is -0.668. The van der Waals surface area contributed by atoms with Gasteiger partial charge in [-0.1, -0.05) is 55.7 Å². The molecule has 1 N–H and O–H groups in total. The number of anilines is 1. The van der Waals surface area contributed by atoms with Gasteiger partial charge >= 0.3 is 0 Å². The Morgan fingerprint density at radius 2 is 1.74 bits per heavy atom. The van der Waals surface area contributed by atoms with E-state index in [9.17, 15) is 14.0 Å².